The fourth-order valence-electron chi connectivity index (χ4n) is 3.01. The van der Waals surface area contributed by atoms with Gasteiger partial charge in [0.15, 0.2) is 0 Å². The molecule has 2 aromatic heterocycles. The third-order valence-electron chi connectivity index (χ3n) is 4.37. The van der Waals surface area contributed by atoms with Crippen molar-refractivity contribution in [2.45, 2.75) is 25.1 Å². The number of carbonyl (C=O) groups is 1. The van der Waals surface area contributed by atoms with Crippen LogP contribution in [0.2, 0.25) is 10.0 Å². The number of amides is 1. The van der Waals surface area contributed by atoms with E-state index in [1.165, 1.54) is 0 Å². The Labute approximate surface area is 153 Å². The summed E-state index contributed by atoms with van der Waals surface area (Å²) in [6.07, 6.45) is 1.55. The molecule has 4 rings (SSSR count). The maximum absolute atomic E-state index is 13.0. The first-order valence-corrected chi connectivity index (χ1v) is 8.65. The molecule has 1 aliphatic rings. The number of hydrogen-bond acceptors (Lipinski definition) is 2. The molecule has 3 aromatic rings. The number of alkyl halides is 1. The van der Waals surface area contributed by atoms with E-state index in [9.17, 15) is 9.18 Å². The number of pyridine rings is 1. The van der Waals surface area contributed by atoms with Gasteiger partial charge in [-0.15, -0.1) is 0 Å². The van der Waals surface area contributed by atoms with Crippen molar-refractivity contribution in [3.05, 3.63) is 58.3 Å². The average Bonchev–Trinajstić information content (AvgIpc) is 2.95. The van der Waals surface area contributed by atoms with E-state index >= 15 is 0 Å². The van der Waals surface area contributed by atoms with Gasteiger partial charge in [0, 0.05) is 23.3 Å². The normalized spacial score (nSPS) is 19.6. The van der Waals surface area contributed by atoms with Gasteiger partial charge in [-0.1, -0.05) is 23.2 Å². The van der Waals surface area contributed by atoms with Gasteiger partial charge in [0.2, 0.25) is 0 Å². The summed E-state index contributed by atoms with van der Waals surface area (Å²) in [5.74, 6) is -0.263. The number of aromatic nitrogens is 2. The van der Waals surface area contributed by atoms with Gasteiger partial charge in [0.25, 0.3) is 5.91 Å². The maximum Gasteiger partial charge on any atom is 0.268 e. The molecule has 4 nitrogen and oxygen atoms in total. The minimum atomic E-state index is -0.826. The van der Waals surface area contributed by atoms with Crippen LogP contribution in [0.15, 0.2) is 42.6 Å². The summed E-state index contributed by atoms with van der Waals surface area (Å²) in [6.45, 7) is 0. The summed E-state index contributed by atoms with van der Waals surface area (Å²) in [6, 6.07) is 10.5. The van der Waals surface area contributed by atoms with E-state index in [-0.39, 0.29) is 11.9 Å². The van der Waals surface area contributed by atoms with Crippen molar-refractivity contribution >= 4 is 40.1 Å². The van der Waals surface area contributed by atoms with E-state index in [0.717, 1.165) is 5.39 Å². The minimum Gasteiger partial charge on any atom is -0.348 e. The summed E-state index contributed by atoms with van der Waals surface area (Å²) in [5.41, 5.74) is 1.75. The molecule has 0 bridgehead atoms. The van der Waals surface area contributed by atoms with Crippen LogP contribution in [0, 0.1) is 0 Å². The lowest BCUT2D eigenvalue weighted by Gasteiger charge is -2.30. The zero-order valence-corrected chi connectivity index (χ0v) is 14.6. The first-order valence-electron chi connectivity index (χ1n) is 7.90. The van der Waals surface area contributed by atoms with Gasteiger partial charge < -0.3 is 5.32 Å². The van der Waals surface area contributed by atoms with Crippen molar-refractivity contribution in [2.24, 2.45) is 0 Å². The highest BCUT2D eigenvalue weighted by molar-refractivity contribution is 6.42. The third-order valence-corrected chi connectivity index (χ3v) is 5.11. The minimum absolute atomic E-state index is 0.129. The lowest BCUT2D eigenvalue weighted by Crippen LogP contribution is -2.45. The Morgan fingerprint density at radius 1 is 1.20 bits per heavy atom. The van der Waals surface area contributed by atoms with Crippen LogP contribution in [-0.2, 0) is 0 Å². The summed E-state index contributed by atoms with van der Waals surface area (Å²) in [4.78, 5) is 17.1. The van der Waals surface area contributed by atoms with Crippen LogP contribution >= 0.6 is 23.2 Å². The first-order chi connectivity index (χ1) is 12.0. The van der Waals surface area contributed by atoms with Crippen molar-refractivity contribution in [3.8, 4) is 5.69 Å². The Hall–Kier alpha value is -2.11. The van der Waals surface area contributed by atoms with Crippen LogP contribution in [0.1, 0.15) is 23.3 Å². The molecule has 0 spiro atoms. The number of benzene rings is 1. The zero-order valence-electron chi connectivity index (χ0n) is 13.0. The average molecular weight is 378 g/mol. The van der Waals surface area contributed by atoms with E-state index in [4.69, 9.17) is 23.2 Å². The molecule has 0 saturated heterocycles. The van der Waals surface area contributed by atoms with E-state index in [0.29, 0.717) is 39.9 Å². The second-order valence-corrected chi connectivity index (χ2v) is 6.93. The van der Waals surface area contributed by atoms with E-state index in [1.54, 1.807) is 35.0 Å². The van der Waals surface area contributed by atoms with Crippen LogP contribution in [0.25, 0.3) is 16.7 Å². The molecule has 0 unspecified atom stereocenters. The van der Waals surface area contributed by atoms with Gasteiger partial charge in [-0.3, -0.25) is 9.36 Å². The number of halogens is 3. The summed E-state index contributed by atoms with van der Waals surface area (Å²) >= 11 is 12.1. The van der Waals surface area contributed by atoms with Gasteiger partial charge in [-0.2, -0.15) is 0 Å². The van der Waals surface area contributed by atoms with E-state index in [2.05, 4.69) is 10.3 Å². The van der Waals surface area contributed by atoms with Crippen LogP contribution in [0.3, 0.4) is 0 Å². The standard InChI is InChI=1S/C18H14Cl2FN3O/c19-14-4-3-13(9-15(14)20)24-16(6-10-2-1-5-22-17(10)24)18(25)23-12-7-11(21)8-12/h1-6,9,11-12H,7-8H2,(H,23,25). The topological polar surface area (TPSA) is 46.9 Å². The Morgan fingerprint density at radius 3 is 2.72 bits per heavy atom. The maximum atomic E-state index is 13.0. The molecule has 1 N–H and O–H groups in total. The molecule has 0 atom stereocenters. The van der Waals surface area contributed by atoms with Crippen molar-refractivity contribution in [1.82, 2.24) is 14.9 Å². The highest BCUT2D eigenvalue weighted by Gasteiger charge is 2.31. The molecule has 1 aromatic carbocycles. The Kier molecular flexibility index (Phi) is 4.13. The molecule has 2 heterocycles. The molecular weight excluding hydrogens is 364 g/mol. The molecule has 1 saturated carbocycles. The molecular formula is C18H14Cl2FN3O. The number of nitrogens with one attached hydrogen (secondary N) is 1. The molecule has 25 heavy (non-hydrogen) atoms. The molecule has 128 valence electrons. The largest absolute Gasteiger partial charge is 0.348 e. The zero-order chi connectivity index (χ0) is 17.6. The SMILES string of the molecule is O=C(NC1CC(F)C1)c1cc2cccnc2n1-c1ccc(Cl)c(Cl)c1. The van der Waals surface area contributed by atoms with Crippen molar-refractivity contribution in [2.75, 3.05) is 0 Å². The Balaban J connectivity index is 1.80. The fraction of sp³-hybridized carbons (Fsp3) is 0.222. The highest BCUT2D eigenvalue weighted by Crippen LogP contribution is 2.29. The van der Waals surface area contributed by atoms with E-state index in [1.807, 2.05) is 12.1 Å². The molecule has 1 amide bonds. The predicted molar refractivity (Wildman–Crippen MR) is 96.5 cm³/mol. The Bertz CT molecular complexity index is 966. The van der Waals surface area contributed by atoms with Gasteiger partial charge >= 0.3 is 0 Å². The number of rotatable bonds is 3. The third kappa shape index (κ3) is 2.98. The van der Waals surface area contributed by atoms with Crippen LogP contribution in [0.5, 0.6) is 0 Å². The summed E-state index contributed by atoms with van der Waals surface area (Å²) < 4.78 is 14.8. The summed E-state index contributed by atoms with van der Waals surface area (Å²) in [5, 5.41) is 4.53. The van der Waals surface area contributed by atoms with Crippen molar-refractivity contribution in [3.63, 3.8) is 0 Å². The molecule has 0 aliphatic heterocycles. The lowest BCUT2D eigenvalue weighted by molar-refractivity contribution is 0.0854. The van der Waals surface area contributed by atoms with Gasteiger partial charge in [-0.25, -0.2) is 9.37 Å². The number of carbonyl (C=O) groups excluding carboxylic acids is 1. The molecule has 0 radical (unpaired) electrons. The monoisotopic (exact) mass is 377 g/mol. The second-order valence-electron chi connectivity index (χ2n) is 6.12. The molecule has 1 aliphatic carbocycles. The van der Waals surface area contributed by atoms with Crippen LogP contribution < -0.4 is 5.32 Å². The van der Waals surface area contributed by atoms with Crippen molar-refractivity contribution in [1.29, 1.82) is 0 Å². The molecule has 1 fully saturated rings. The highest BCUT2D eigenvalue weighted by atomic mass is 35.5. The van der Waals surface area contributed by atoms with Gasteiger partial charge in [-0.05, 0) is 49.2 Å². The fourth-order valence-corrected chi connectivity index (χ4v) is 3.31. The predicted octanol–water partition coefficient (Wildman–Crippen LogP) is 4.56. The number of nitrogens with zero attached hydrogens (tertiary/aromatic N) is 2. The number of fused-ring (bicyclic) bond motifs is 1. The first kappa shape index (κ1) is 16.4. The lowest BCUT2D eigenvalue weighted by atomic mass is 9.91. The quantitative estimate of drug-likeness (QED) is 0.726. The number of hydrogen-bond donors (Lipinski definition) is 1. The van der Waals surface area contributed by atoms with Gasteiger partial charge in [0.1, 0.15) is 17.5 Å². The van der Waals surface area contributed by atoms with Gasteiger partial charge in [0.05, 0.1) is 10.0 Å². The van der Waals surface area contributed by atoms with Crippen LogP contribution in [-0.4, -0.2) is 27.7 Å². The van der Waals surface area contributed by atoms with Crippen LogP contribution in [0.4, 0.5) is 4.39 Å². The van der Waals surface area contributed by atoms with Crippen molar-refractivity contribution < 1.29 is 9.18 Å². The molecule has 7 heteroatoms. The Morgan fingerprint density at radius 2 is 2.00 bits per heavy atom. The second kappa shape index (κ2) is 6.32. The summed E-state index contributed by atoms with van der Waals surface area (Å²) in [7, 11) is 0. The van der Waals surface area contributed by atoms with E-state index < -0.39 is 6.17 Å². The smallest absolute Gasteiger partial charge is 0.268 e.